The molecule has 1 aromatic rings. The predicted octanol–water partition coefficient (Wildman–Crippen LogP) is 1.93. The zero-order valence-electron chi connectivity index (χ0n) is 9.65. The molecule has 1 N–H and O–H groups in total. The van der Waals surface area contributed by atoms with Gasteiger partial charge in [-0.25, -0.2) is 0 Å². The molecule has 0 saturated carbocycles. The maximum atomic E-state index is 12.1. The van der Waals surface area contributed by atoms with E-state index in [0.717, 1.165) is 31.6 Å². The summed E-state index contributed by atoms with van der Waals surface area (Å²) in [7, 11) is 0. The van der Waals surface area contributed by atoms with Gasteiger partial charge in [-0.15, -0.1) is 0 Å². The number of nitrogens with one attached hydrogen (secondary N) is 1. The van der Waals surface area contributed by atoms with Gasteiger partial charge in [0.1, 0.15) is 11.6 Å². The molecule has 1 aliphatic rings. The van der Waals surface area contributed by atoms with Crippen molar-refractivity contribution in [3.8, 4) is 6.07 Å². The quantitative estimate of drug-likeness (QED) is 0.622. The number of nitriles is 1. The molecule has 0 aliphatic carbocycles. The molecule has 4 nitrogen and oxygen atoms in total. The van der Waals surface area contributed by atoms with Gasteiger partial charge >= 0.3 is 0 Å². The van der Waals surface area contributed by atoms with E-state index in [1.54, 1.807) is 17.2 Å². The van der Waals surface area contributed by atoms with Crippen molar-refractivity contribution in [3.05, 3.63) is 29.6 Å². The van der Waals surface area contributed by atoms with Gasteiger partial charge in [0, 0.05) is 25.0 Å². The topological polar surface area (TPSA) is 59.9 Å². The van der Waals surface area contributed by atoms with E-state index in [0.29, 0.717) is 0 Å². The minimum absolute atomic E-state index is 0.151. The van der Waals surface area contributed by atoms with E-state index in [2.05, 4.69) is 4.98 Å². The highest BCUT2D eigenvalue weighted by Crippen LogP contribution is 2.13. The maximum Gasteiger partial charge on any atom is 0.264 e. The third-order valence-electron chi connectivity index (χ3n) is 2.92. The third kappa shape index (κ3) is 2.76. The van der Waals surface area contributed by atoms with Crippen LogP contribution in [-0.4, -0.2) is 28.9 Å². The highest BCUT2D eigenvalue weighted by atomic mass is 16.2. The number of aromatic amines is 1. The van der Waals surface area contributed by atoms with Crippen molar-refractivity contribution in [2.24, 2.45) is 0 Å². The highest BCUT2D eigenvalue weighted by molar-refractivity contribution is 6.01. The fraction of sp³-hybridized carbons (Fsp3) is 0.385. The second kappa shape index (κ2) is 5.35. The number of piperidine rings is 1. The molecular formula is C13H15N3O. The number of hydrogen-bond acceptors (Lipinski definition) is 2. The molecule has 0 spiro atoms. The molecule has 1 aliphatic heterocycles. The molecule has 0 aromatic carbocycles. The second-order valence-corrected chi connectivity index (χ2v) is 4.15. The number of rotatable bonds is 2. The average molecular weight is 229 g/mol. The first kappa shape index (κ1) is 11.5. The van der Waals surface area contributed by atoms with Crippen molar-refractivity contribution >= 4 is 12.0 Å². The van der Waals surface area contributed by atoms with Gasteiger partial charge in [-0.2, -0.15) is 5.26 Å². The van der Waals surface area contributed by atoms with Crippen LogP contribution in [0.5, 0.6) is 0 Å². The first-order valence-corrected chi connectivity index (χ1v) is 5.86. The Morgan fingerprint density at radius 2 is 2.18 bits per heavy atom. The van der Waals surface area contributed by atoms with Gasteiger partial charge in [0.25, 0.3) is 5.91 Å². The summed E-state index contributed by atoms with van der Waals surface area (Å²) in [5, 5.41) is 9.05. The highest BCUT2D eigenvalue weighted by Gasteiger charge is 2.20. The lowest BCUT2D eigenvalue weighted by molar-refractivity contribution is -0.127. The Morgan fingerprint density at radius 3 is 2.76 bits per heavy atom. The zero-order valence-corrected chi connectivity index (χ0v) is 9.65. The molecule has 1 aromatic heterocycles. The number of aromatic nitrogens is 1. The van der Waals surface area contributed by atoms with Crippen LogP contribution in [0.25, 0.3) is 6.08 Å². The first-order chi connectivity index (χ1) is 8.31. The molecule has 2 rings (SSSR count). The van der Waals surface area contributed by atoms with Crippen molar-refractivity contribution < 1.29 is 4.79 Å². The summed E-state index contributed by atoms with van der Waals surface area (Å²) in [6.45, 7) is 1.53. The van der Waals surface area contributed by atoms with Crippen LogP contribution in [0.15, 0.2) is 23.9 Å². The van der Waals surface area contributed by atoms with Gasteiger partial charge in [-0.3, -0.25) is 4.79 Å². The first-order valence-electron chi connectivity index (χ1n) is 5.86. The predicted molar refractivity (Wildman–Crippen MR) is 64.8 cm³/mol. The van der Waals surface area contributed by atoms with Crippen LogP contribution in [0.2, 0.25) is 0 Å². The van der Waals surface area contributed by atoms with Crippen LogP contribution >= 0.6 is 0 Å². The smallest absolute Gasteiger partial charge is 0.264 e. The Labute approximate surface area is 101 Å². The summed E-state index contributed by atoms with van der Waals surface area (Å²) >= 11 is 0. The monoisotopic (exact) mass is 229 g/mol. The molecule has 0 atom stereocenters. The number of nitrogens with zero attached hydrogens (tertiary/aromatic N) is 2. The summed E-state index contributed by atoms with van der Waals surface area (Å²) in [6.07, 6.45) is 6.62. The molecule has 0 bridgehead atoms. The molecule has 4 heteroatoms. The van der Waals surface area contributed by atoms with E-state index in [1.165, 1.54) is 6.42 Å². The van der Waals surface area contributed by atoms with Crippen molar-refractivity contribution in [2.45, 2.75) is 19.3 Å². The van der Waals surface area contributed by atoms with Crippen molar-refractivity contribution in [2.75, 3.05) is 13.1 Å². The molecule has 0 radical (unpaired) electrons. The number of carbonyl (C=O) groups is 1. The molecule has 17 heavy (non-hydrogen) atoms. The third-order valence-corrected chi connectivity index (χ3v) is 2.92. The van der Waals surface area contributed by atoms with Crippen LogP contribution in [-0.2, 0) is 4.79 Å². The standard InChI is InChI=1S/C13H15N3O/c14-10-11(9-12-5-4-6-15-12)13(17)16-7-2-1-3-8-16/h4-6,9,15H,1-3,7-8H2. The van der Waals surface area contributed by atoms with Gasteiger partial charge < -0.3 is 9.88 Å². The Bertz CT molecular complexity index is 448. The van der Waals surface area contributed by atoms with E-state index in [-0.39, 0.29) is 11.5 Å². The van der Waals surface area contributed by atoms with E-state index >= 15 is 0 Å². The number of hydrogen-bond donors (Lipinski definition) is 1. The Kier molecular flexibility index (Phi) is 3.61. The Balaban J connectivity index is 2.13. The van der Waals surface area contributed by atoms with Crippen LogP contribution < -0.4 is 0 Å². The van der Waals surface area contributed by atoms with E-state index < -0.39 is 0 Å². The van der Waals surface area contributed by atoms with E-state index in [4.69, 9.17) is 5.26 Å². The van der Waals surface area contributed by atoms with Crippen molar-refractivity contribution in [1.29, 1.82) is 5.26 Å². The lowest BCUT2D eigenvalue weighted by atomic mass is 10.1. The van der Waals surface area contributed by atoms with Gasteiger partial charge in [0.2, 0.25) is 0 Å². The number of amides is 1. The van der Waals surface area contributed by atoms with Crippen LogP contribution in [0.4, 0.5) is 0 Å². The molecule has 1 saturated heterocycles. The van der Waals surface area contributed by atoms with Crippen molar-refractivity contribution in [1.82, 2.24) is 9.88 Å². The maximum absolute atomic E-state index is 12.1. The number of likely N-dealkylation sites (tertiary alicyclic amines) is 1. The minimum Gasteiger partial charge on any atom is -0.362 e. The van der Waals surface area contributed by atoms with Crippen LogP contribution in [0.3, 0.4) is 0 Å². The van der Waals surface area contributed by atoms with Gasteiger partial charge in [0.15, 0.2) is 0 Å². The van der Waals surface area contributed by atoms with Gasteiger partial charge in [0.05, 0.1) is 0 Å². The van der Waals surface area contributed by atoms with Gasteiger partial charge in [-0.05, 0) is 37.5 Å². The van der Waals surface area contributed by atoms with Gasteiger partial charge in [-0.1, -0.05) is 0 Å². The summed E-state index contributed by atoms with van der Waals surface area (Å²) in [5.74, 6) is -0.151. The fourth-order valence-corrected chi connectivity index (χ4v) is 2.00. The molecule has 2 heterocycles. The number of H-pyrrole nitrogens is 1. The number of carbonyl (C=O) groups excluding carboxylic acids is 1. The normalized spacial score (nSPS) is 16.6. The average Bonchev–Trinajstić information content (AvgIpc) is 2.89. The lowest BCUT2D eigenvalue weighted by Gasteiger charge is -2.26. The molecule has 1 fully saturated rings. The van der Waals surface area contributed by atoms with Crippen LogP contribution in [0, 0.1) is 11.3 Å². The van der Waals surface area contributed by atoms with Crippen molar-refractivity contribution in [3.63, 3.8) is 0 Å². The lowest BCUT2D eigenvalue weighted by Crippen LogP contribution is -2.36. The summed E-state index contributed by atoms with van der Waals surface area (Å²) in [4.78, 5) is 16.8. The summed E-state index contributed by atoms with van der Waals surface area (Å²) in [6, 6.07) is 5.66. The molecular weight excluding hydrogens is 214 g/mol. The summed E-state index contributed by atoms with van der Waals surface area (Å²) in [5.41, 5.74) is 0.987. The SMILES string of the molecule is N#CC(=Cc1ccc[nH]1)C(=O)N1CCCCC1. The Morgan fingerprint density at radius 1 is 1.41 bits per heavy atom. The fourth-order valence-electron chi connectivity index (χ4n) is 2.00. The molecule has 88 valence electrons. The largest absolute Gasteiger partial charge is 0.362 e. The Hall–Kier alpha value is -2.02. The second-order valence-electron chi connectivity index (χ2n) is 4.15. The molecule has 1 amide bonds. The van der Waals surface area contributed by atoms with Crippen LogP contribution in [0.1, 0.15) is 25.0 Å². The molecule has 0 unspecified atom stereocenters. The zero-order chi connectivity index (χ0) is 12.1. The van der Waals surface area contributed by atoms with E-state index in [9.17, 15) is 4.79 Å². The van der Waals surface area contributed by atoms with E-state index in [1.807, 2.05) is 18.2 Å². The summed E-state index contributed by atoms with van der Waals surface area (Å²) < 4.78 is 0. The minimum atomic E-state index is -0.151.